The number of anilines is 1. The van der Waals surface area contributed by atoms with E-state index < -0.39 is 0 Å². The van der Waals surface area contributed by atoms with Crippen molar-refractivity contribution >= 4 is 22.1 Å². The number of aromatic nitrogens is 4. The molecule has 6 aromatic rings. The number of hydrogen-bond acceptors (Lipinski definition) is 7. The second-order valence-corrected chi connectivity index (χ2v) is 9.96. The molecule has 8 heteroatoms. The van der Waals surface area contributed by atoms with Gasteiger partial charge in [-0.15, -0.1) is 5.10 Å². The molecular formula is C32H27N5O3. The normalized spacial score (nSPS) is 13.9. The molecule has 0 amide bonds. The predicted octanol–water partition coefficient (Wildman–Crippen LogP) is 6.31. The lowest BCUT2D eigenvalue weighted by molar-refractivity contribution is 0.354. The highest BCUT2D eigenvalue weighted by Gasteiger charge is 2.35. The molecule has 1 aliphatic heterocycles. The van der Waals surface area contributed by atoms with Crippen molar-refractivity contribution in [2.24, 2.45) is 0 Å². The van der Waals surface area contributed by atoms with Gasteiger partial charge in [0.25, 0.3) is 0 Å². The van der Waals surface area contributed by atoms with E-state index in [1.54, 1.807) is 25.1 Å². The van der Waals surface area contributed by atoms with E-state index in [1.165, 1.54) is 0 Å². The van der Waals surface area contributed by atoms with E-state index in [0.717, 1.165) is 44.5 Å². The van der Waals surface area contributed by atoms with Crippen molar-refractivity contribution in [3.8, 4) is 34.5 Å². The van der Waals surface area contributed by atoms with Crippen LogP contribution in [0.15, 0.2) is 85.2 Å². The molecule has 2 aromatic heterocycles. The lowest BCUT2D eigenvalue weighted by Crippen LogP contribution is -2.15. The van der Waals surface area contributed by atoms with Crippen molar-refractivity contribution in [3.63, 3.8) is 0 Å². The minimum Gasteiger partial charge on any atom is -0.493 e. The molecule has 198 valence electrons. The fourth-order valence-electron chi connectivity index (χ4n) is 5.50. The highest BCUT2D eigenvalue weighted by molar-refractivity contribution is 5.91. The summed E-state index contributed by atoms with van der Waals surface area (Å²) in [6.45, 7) is 0. The van der Waals surface area contributed by atoms with Crippen molar-refractivity contribution in [3.05, 3.63) is 102 Å². The summed E-state index contributed by atoms with van der Waals surface area (Å²) in [4.78, 5) is 11.8. The molecule has 1 unspecified atom stereocenters. The van der Waals surface area contributed by atoms with E-state index in [1.807, 2.05) is 50.5 Å². The van der Waals surface area contributed by atoms with Crippen molar-refractivity contribution in [1.82, 2.24) is 19.6 Å². The average molecular weight is 530 g/mol. The summed E-state index contributed by atoms with van der Waals surface area (Å²) in [5.41, 5.74) is 5.63. The Morgan fingerprint density at radius 3 is 2.42 bits per heavy atom. The third-order valence-electron chi connectivity index (χ3n) is 7.48. The minimum absolute atomic E-state index is 0.242. The first-order chi connectivity index (χ1) is 19.6. The Hall–Kier alpha value is -5.11. The number of ether oxygens (including phenoxy) is 3. The maximum Gasteiger partial charge on any atom is 0.228 e. The van der Waals surface area contributed by atoms with E-state index in [-0.39, 0.29) is 5.92 Å². The van der Waals surface area contributed by atoms with Crippen LogP contribution in [0.5, 0.6) is 23.1 Å². The zero-order valence-electron chi connectivity index (χ0n) is 22.6. The predicted molar refractivity (Wildman–Crippen MR) is 155 cm³/mol. The van der Waals surface area contributed by atoms with Gasteiger partial charge in [0, 0.05) is 36.8 Å². The van der Waals surface area contributed by atoms with Gasteiger partial charge in [0.05, 0.1) is 19.8 Å². The molecule has 1 atom stereocenters. The highest BCUT2D eigenvalue weighted by atomic mass is 16.5. The zero-order valence-corrected chi connectivity index (χ0v) is 22.6. The van der Waals surface area contributed by atoms with Crippen LogP contribution >= 0.6 is 0 Å². The molecule has 40 heavy (non-hydrogen) atoms. The summed E-state index contributed by atoms with van der Waals surface area (Å²) in [7, 11) is 7.33. The monoisotopic (exact) mass is 529 g/mol. The SMILES string of the molecule is COc1ccc(C2c3c(ccc4ccccc34)Oc3ncn4nc(-c5ccc(N(C)C)cc5)nc4c32)cc1OC. The van der Waals surface area contributed by atoms with Gasteiger partial charge in [0.1, 0.15) is 12.1 Å². The van der Waals surface area contributed by atoms with Crippen LogP contribution in [0.4, 0.5) is 5.69 Å². The van der Waals surface area contributed by atoms with Gasteiger partial charge in [-0.1, -0.05) is 36.4 Å². The molecule has 0 N–H and O–H groups in total. The topological polar surface area (TPSA) is 74.0 Å². The van der Waals surface area contributed by atoms with Gasteiger partial charge < -0.3 is 19.1 Å². The maximum absolute atomic E-state index is 6.45. The molecule has 0 aliphatic carbocycles. The second-order valence-electron chi connectivity index (χ2n) is 9.96. The molecule has 3 heterocycles. The number of fused-ring (bicyclic) bond motifs is 6. The number of methoxy groups -OCH3 is 2. The van der Waals surface area contributed by atoms with E-state index in [4.69, 9.17) is 29.3 Å². The Kier molecular flexibility index (Phi) is 5.55. The molecule has 0 spiro atoms. The number of benzene rings is 4. The smallest absolute Gasteiger partial charge is 0.228 e. The molecule has 0 radical (unpaired) electrons. The quantitative estimate of drug-likeness (QED) is 0.259. The lowest BCUT2D eigenvalue weighted by atomic mass is 9.81. The first-order valence-corrected chi connectivity index (χ1v) is 13.0. The van der Waals surface area contributed by atoms with Crippen molar-refractivity contribution in [2.75, 3.05) is 33.2 Å². The molecule has 7 rings (SSSR count). The van der Waals surface area contributed by atoms with Crippen LogP contribution in [0.25, 0.3) is 27.8 Å². The lowest BCUT2D eigenvalue weighted by Gasteiger charge is -2.29. The highest BCUT2D eigenvalue weighted by Crippen LogP contribution is 2.51. The minimum atomic E-state index is -0.242. The number of rotatable bonds is 5. The van der Waals surface area contributed by atoms with Gasteiger partial charge in [-0.3, -0.25) is 0 Å². The maximum atomic E-state index is 6.45. The number of hydrogen-bond donors (Lipinski definition) is 0. The Labute approximate surface area is 231 Å². The molecular weight excluding hydrogens is 502 g/mol. The summed E-state index contributed by atoms with van der Waals surface area (Å²) in [6.07, 6.45) is 1.66. The summed E-state index contributed by atoms with van der Waals surface area (Å²) in [6, 6.07) is 26.6. The molecule has 4 aromatic carbocycles. The van der Waals surface area contributed by atoms with Gasteiger partial charge in [0.15, 0.2) is 23.0 Å². The van der Waals surface area contributed by atoms with E-state index in [2.05, 4.69) is 47.4 Å². The zero-order chi connectivity index (χ0) is 27.4. The van der Waals surface area contributed by atoms with Gasteiger partial charge in [0.2, 0.25) is 5.88 Å². The van der Waals surface area contributed by atoms with Gasteiger partial charge >= 0.3 is 0 Å². The third-order valence-corrected chi connectivity index (χ3v) is 7.48. The molecule has 0 bridgehead atoms. The van der Waals surface area contributed by atoms with Crippen molar-refractivity contribution in [2.45, 2.75) is 5.92 Å². The third kappa shape index (κ3) is 3.71. The van der Waals surface area contributed by atoms with Crippen LogP contribution < -0.4 is 19.1 Å². The average Bonchev–Trinajstić information content (AvgIpc) is 3.44. The number of nitrogens with zero attached hydrogens (tertiary/aromatic N) is 5. The van der Waals surface area contributed by atoms with Crippen LogP contribution in [0, 0.1) is 0 Å². The Morgan fingerprint density at radius 1 is 0.850 bits per heavy atom. The van der Waals surface area contributed by atoms with Crippen LogP contribution in [0.3, 0.4) is 0 Å². The first kappa shape index (κ1) is 24.0. The second kappa shape index (κ2) is 9.27. The molecule has 0 saturated heterocycles. The molecule has 1 aliphatic rings. The summed E-state index contributed by atoms with van der Waals surface area (Å²) >= 11 is 0. The fraction of sp³-hybridized carbons (Fsp3) is 0.156. The Bertz CT molecular complexity index is 1900. The van der Waals surface area contributed by atoms with Crippen molar-refractivity contribution in [1.29, 1.82) is 0 Å². The van der Waals surface area contributed by atoms with Crippen LogP contribution in [-0.2, 0) is 0 Å². The van der Waals surface area contributed by atoms with Gasteiger partial charge in [-0.05, 0) is 58.8 Å². The van der Waals surface area contributed by atoms with Crippen molar-refractivity contribution < 1.29 is 14.2 Å². The van der Waals surface area contributed by atoms with E-state index in [9.17, 15) is 0 Å². The molecule has 8 nitrogen and oxygen atoms in total. The Morgan fingerprint density at radius 2 is 1.65 bits per heavy atom. The first-order valence-electron chi connectivity index (χ1n) is 13.0. The van der Waals surface area contributed by atoms with Crippen LogP contribution in [0.1, 0.15) is 22.6 Å². The van der Waals surface area contributed by atoms with Gasteiger partial charge in [-0.2, -0.15) is 0 Å². The molecule has 0 fully saturated rings. The van der Waals surface area contributed by atoms with Crippen LogP contribution in [0.2, 0.25) is 0 Å². The Balaban J connectivity index is 1.49. The summed E-state index contributed by atoms with van der Waals surface area (Å²) in [5, 5.41) is 7.03. The molecule has 0 saturated carbocycles. The summed E-state index contributed by atoms with van der Waals surface area (Å²) in [5.74, 6) is 2.97. The van der Waals surface area contributed by atoms with E-state index in [0.29, 0.717) is 28.9 Å². The van der Waals surface area contributed by atoms with Gasteiger partial charge in [-0.25, -0.2) is 14.5 Å². The van der Waals surface area contributed by atoms with Crippen LogP contribution in [-0.4, -0.2) is 47.9 Å². The standard InChI is InChI=1S/C32H27N5O3/c1-36(2)22-13-9-20(10-14-22)30-34-31-29-27(21-12-15-24(38-3)26(17-21)39-4)28-23-8-6-5-7-19(23)11-16-25(28)40-32(29)33-18-37(31)35-30/h5-18,27H,1-4H3. The summed E-state index contributed by atoms with van der Waals surface area (Å²) < 4.78 is 19.4. The largest absolute Gasteiger partial charge is 0.493 e. The van der Waals surface area contributed by atoms with E-state index >= 15 is 0 Å². The fourth-order valence-corrected chi connectivity index (χ4v) is 5.50.